The molecule has 1 heterocycles. The van der Waals surface area contributed by atoms with E-state index in [4.69, 9.17) is 0 Å². The fourth-order valence-electron chi connectivity index (χ4n) is 3.57. The molecule has 2 aliphatic carbocycles. The lowest BCUT2D eigenvalue weighted by Gasteiger charge is -2.33. The van der Waals surface area contributed by atoms with Gasteiger partial charge in [-0.05, 0) is 44.4 Å². The summed E-state index contributed by atoms with van der Waals surface area (Å²) in [7, 11) is 0. The zero-order chi connectivity index (χ0) is 14.2. The molecule has 0 atom stereocenters. The summed E-state index contributed by atoms with van der Waals surface area (Å²) < 4.78 is 0. The highest BCUT2D eigenvalue weighted by molar-refractivity contribution is 6.08. The van der Waals surface area contributed by atoms with Crippen LogP contribution in [0.3, 0.4) is 0 Å². The van der Waals surface area contributed by atoms with Crippen molar-refractivity contribution >= 4 is 11.8 Å². The van der Waals surface area contributed by atoms with Crippen molar-refractivity contribution in [2.75, 3.05) is 13.1 Å². The Morgan fingerprint density at radius 3 is 2.20 bits per heavy atom. The van der Waals surface area contributed by atoms with Gasteiger partial charge in [0.25, 0.3) is 0 Å². The van der Waals surface area contributed by atoms with Gasteiger partial charge in [0.2, 0.25) is 11.8 Å². The molecule has 2 saturated carbocycles. The summed E-state index contributed by atoms with van der Waals surface area (Å²) in [6, 6.07) is 0.314. The van der Waals surface area contributed by atoms with Gasteiger partial charge in [-0.15, -0.1) is 0 Å². The fraction of sp³-hybridized carbons (Fsp3) is 0.875. The lowest BCUT2D eigenvalue weighted by Crippen LogP contribution is -2.49. The lowest BCUT2D eigenvalue weighted by atomic mass is 9.96. The molecule has 1 saturated heterocycles. The molecular weight excluding hydrogens is 252 g/mol. The Morgan fingerprint density at radius 2 is 1.65 bits per heavy atom. The summed E-state index contributed by atoms with van der Waals surface area (Å²) in [6.07, 6.45) is 8.21. The van der Waals surface area contributed by atoms with E-state index in [2.05, 4.69) is 12.2 Å². The number of likely N-dealkylation sites (tertiary alicyclic amines) is 1. The van der Waals surface area contributed by atoms with E-state index in [1.807, 2.05) is 4.90 Å². The molecule has 0 radical (unpaired) electrons. The third kappa shape index (κ3) is 2.57. The number of amides is 2. The second-order valence-corrected chi connectivity index (χ2v) is 7.01. The van der Waals surface area contributed by atoms with Crippen LogP contribution in [0.2, 0.25) is 0 Å². The number of piperidine rings is 1. The Morgan fingerprint density at radius 1 is 1.05 bits per heavy atom. The summed E-state index contributed by atoms with van der Waals surface area (Å²) in [6.45, 7) is 3.90. The van der Waals surface area contributed by atoms with E-state index in [0.29, 0.717) is 12.0 Å². The van der Waals surface area contributed by atoms with Gasteiger partial charge in [0.1, 0.15) is 5.41 Å². The average molecular weight is 278 g/mol. The molecule has 3 fully saturated rings. The molecule has 2 amide bonds. The van der Waals surface area contributed by atoms with Crippen molar-refractivity contribution in [3.63, 3.8) is 0 Å². The Balaban J connectivity index is 1.59. The second-order valence-electron chi connectivity index (χ2n) is 7.01. The summed E-state index contributed by atoms with van der Waals surface area (Å²) >= 11 is 0. The predicted molar refractivity (Wildman–Crippen MR) is 77.0 cm³/mol. The van der Waals surface area contributed by atoms with Crippen molar-refractivity contribution in [3.8, 4) is 0 Å². The normalized spacial score (nSPS) is 26.6. The highest BCUT2D eigenvalue weighted by Gasteiger charge is 2.58. The van der Waals surface area contributed by atoms with Crippen LogP contribution in [0.4, 0.5) is 0 Å². The quantitative estimate of drug-likeness (QED) is 0.804. The van der Waals surface area contributed by atoms with Gasteiger partial charge < -0.3 is 10.2 Å². The molecule has 1 aliphatic heterocycles. The van der Waals surface area contributed by atoms with Gasteiger partial charge in [0.05, 0.1) is 0 Å². The molecule has 4 nitrogen and oxygen atoms in total. The van der Waals surface area contributed by atoms with Crippen LogP contribution in [0.15, 0.2) is 0 Å². The molecule has 0 bridgehead atoms. The highest BCUT2D eigenvalue weighted by atomic mass is 16.2. The van der Waals surface area contributed by atoms with Crippen molar-refractivity contribution in [3.05, 3.63) is 0 Å². The minimum absolute atomic E-state index is 0.00743. The number of rotatable bonds is 3. The van der Waals surface area contributed by atoms with Crippen LogP contribution >= 0.6 is 0 Å². The third-order valence-electron chi connectivity index (χ3n) is 5.36. The highest BCUT2D eigenvalue weighted by Crippen LogP contribution is 2.48. The number of nitrogens with zero attached hydrogens (tertiary/aromatic N) is 1. The van der Waals surface area contributed by atoms with E-state index < -0.39 is 5.41 Å². The molecule has 3 rings (SSSR count). The standard InChI is InChI=1S/C16H26N2O2/c1-12-6-10-18(11-7-12)15(20)16(8-9-16)14(19)17-13-4-2-3-5-13/h12-13H,2-11H2,1H3,(H,17,19). The molecule has 0 aromatic heterocycles. The van der Waals surface area contributed by atoms with Crippen molar-refractivity contribution < 1.29 is 9.59 Å². The van der Waals surface area contributed by atoms with Crippen LogP contribution in [0.25, 0.3) is 0 Å². The van der Waals surface area contributed by atoms with Crippen LogP contribution in [0.5, 0.6) is 0 Å². The number of hydrogen-bond acceptors (Lipinski definition) is 2. The minimum Gasteiger partial charge on any atom is -0.352 e. The Kier molecular flexibility index (Phi) is 3.74. The van der Waals surface area contributed by atoms with Crippen LogP contribution in [-0.2, 0) is 9.59 Å². The Labute approximate surface area is 121 Å². The zero-order valence-electron chi connectivity index (χ0n) is 12.5. The summed E-state index contributed by atoms with van der Waals surface area (Å²) in [5, 5.41) is 3.12. The maximum atomic E-state index is 12.7. The molecule has 0 aromatic carbocycles. The van der Waals surface area contributed by atoms with Gasteiger partial charge in [0.15, 0.2) is 0 Å². The monoisotopic (exact) mass is 278 g/mol. The van der Waals surface area contributed by atoms with E-state index in [1.54, 1.807) is 0 Å². The third-order valence-corrected chi connectivity index (χ3v) is 5.36. The maximum absolute atomic E-state index is 12.7. The van der Waals surface area contributed by atoms with E-state index in [0.717, 1.165) is 51.6 Å². The molecule has 3 aliphatic rings. The topological polar surface area (TPSA) is 49.4 Å². The molecular formula is C16H26N2O2. The summed E-state index contributed by atoms with van der Waals surface area (Å²) in [5.41, 5.74) is -0.691. The van der Waals surface area contributed by atoms with Crippen molar-refractivity contribution in [2.45, 2.75) is 64.3 Å². The van der Waals surface area contributed by atoms with E-state index in [9.17, 15) is 9.59 Å². The lowest BCUT2D eigenvalue weighted by molar-refractivity contribution is -0.145. The first-order valence-corrected chi connectivity index (χ1v) is 8.22. The van der Waals surface area contributed by atoms with E-state index >= 15 is 0 Å². The average Bonchev–Trinajstić information content (AvgIpc) is 3.11. The molecule has 20 heavy (non-hydrogen) atoms. The predicted octanol–water partition coefficient (Wildman–Crippen LogP) is 2.08. The number of carbonyl (C=O) groups is 2. The van der Waals surface area contributed by atoms with Crippen LogP contribution in [0, 0.1) is 11.3 Å². The molecule has 0 unspecified atom stereocenters. The molecule has 1 N–H and O–H groups in total. The van der Waals surface area contributed by atoms with Gasteiger partial charge in [0, 0.05) is 19.1 Å². The second kappa shape index (κ2) is 5.38. The summed E-state index contributed by atoms with van der Waals surface area (Å²) in [4.78, 5) is 27.1. The first-order valence-electron chi connectivity index (χ1n) is 8.22. The fourth-order valence-corrected chi connectivity index (χ4v) is 3.57. The maximum Gasteiger partial charge on any atom is 0.238 e. The van der Waals surface area contributed by atoms with Crippen molar-refractivity contribution in [2.24, 2.45) is 11.3 Å². The Bertz CT molecular complexity index is 389. The minimum atomic E-state index is -0.691. The van der Waals surface area contributed by atoms with Crippen molar-refractivity contribution in [1.82, 2.24) is 10.2 Å². The Hall–Kier alpha value is -1.06. The number of hydrogen-bond donors (Lipinski definition) is 1. The largest absolute Gasteiger partial charge is 0.352 e. The van der Waals surface area contributed by atoms with Crippen LogP contribution in [-0.4, -0.2) is 35.8 Å². The van der Waals surface area contributed by atoms with E-state index in [-0.39, 0.29) is 11.8 Å². The molecule has 0 aromatic rings. The van der Waals surface area contributed by atoms with Gasteiger partial charge in [-0.2, -0.15) is 0 Å². The van der Waals surface area contributed by atoms with Gasteiger partial charge in [-0.1, -0.05) is 19.8 Å². The summed E-state index contributed by atoms with van der Waals surface area (Å²) in [5.74, 6) is 0.814. The number of nitrogens with one attached hydrogen (secondary N) is 1. The molecule has 4 heteroatoms. The SMILES string of the molecule is CC1CCN(C(=O)C2(C(=O)NC3CCCC3)CC2)CC1. The smallest absolute Gasteiger partial charge is 0.238 e. The first kappa shape index (κ1) is 13.9. The van der Waals surface area contributed by atoms with Gasteiger partial charge >= 0.3 is 0 Å². The first-order chi connectivity index (χ1) is 9.62. The number of carbonyl (C=O) groups excluding carboxylic acids is 2. The van der Waals surface area contributed by atoms with Gasteiger partial charge in [-0.3, -0.25) is 9.59 Å². The molecule has 0 spiro atoms. The van der Waals surface area contributed by atoms with E-state index in [1.165, 1.54) is 12.8 Å². The van der Waals surface area contributed by atoms with Crippen LogP contribution < -0.4 is 5.32 Å². The van der Waals surface area contributed by atoms with Crippen LogP contribution in [0.1, 0.15) is 58.3 Å². The molecule has 112 valence electrons. The van der Waals surface area contributed by atoms with Gasteiger partial charge in [-0.25, -0.2) is 0 Å². The zero-order valence-corrected chi connectivity index (χ0v) is 12.5. The van der Waals surface area contributed by atoms with Crippen molar-refractivity contribution in [1.29, 1.82) is 0 Å².